The summed E-state index contributed by atoms with van der Waals surface area (Å²) in [6.45, 7) is 1.18. The van der Waals surface area contributed by atoms with E-state index < -0.39 is 11.1 Å². The summed E-state index contributed by atoms with van der Waals surface area (Å²) in [6, 6.07) is 8.77. The summed E-state index contributed by atoms with van der Waals surface area (Å²) in [6.07, 6.45) is 5.76. The number of nitriles is 1. The van der Waals surface area contributed by atoms with Crippen LogP contribution in [0, 0.1) is 11.3 Å². The molecule has 2 saturated heterocycles. The van der Waals surface area contributed by atoms with Gasteiger partial charge in [0.15, 0.2) is 0 Å². The molecule has 0 aromatic heterocycles. The zero-order chi connectivity index (χ0) is 18.5. The van der Waals surface area contributed by atoms with E-state index in [0.29, 0.717) is 23.6 Å². The molecular weight excluding hydrogens is 350 g/mol. The molecule has 7 heteroatoms. The van der Waals surface area contributed by atoms with Gasteiger partial charge >= 0.3 is 0 Å². The quantitative estimate of drug-likeness (QED) is 0.765. The van der Waals surface area contributed by atoms with Gasteiger partial charge in [-0.3, -0.25) is 19.3 Å². The van der Waals surface area contributed by atoms with Gasteiger partial charge in [-0.05, 0) is 48.4 Å². The van der Waals surface area contributed by atoms with Crippen molar-refractivity contribution >= 4 is 34.9 Å². The number of carbonyl (C=O) groups is 3. The van der Waals surface area contributed by atoms with Crippen molar-refractivity contribution < 1.29 is 14.4 Å². The van der Waals surface area contributed by atoms with Gasteiger partial charge in [0, 0.05) is 13.1 Å². The first kappa shape index (κ1) is 18.2. The SMILES string of the molecule is N#Cc1ccc(C=C2SC(=O)N(CC(=O)N3CCCCCC3)C2=O)cc1. The second kappa shape index (κ2) is 8.19. The summed E-state index contributed by atoms with van der Waals surface area (Å²) >= 11 is 0.842. The molecule has 1 aromatic carbocycles. The first-order chi connectivity index (χ1) is 12.6. The minimum absolute atomic E-state index is 0.172. The van der Waals surface area contributed by atoms with Crippen LogP contribution in [-0.2, 0) is 9.59 Å². The van der Waals surface area contributed by atoms with Crippen molar-refractivity contribution in [1.82, 2.24) is 9.80 Å². The Morgan fingerprint density at radius 2 is 1.77 bits per heavy atom. The highest BCUT2D eigenvalue weighted by Gasteiger charge is 2.37. The van der Waals surface area contributed by atoms with Crippen LogP contribution in [0.5, 0.6) is 0 Å². The smallest absolute Gasteiger partial charge is 0.294 e. The predicted octanol–water partition coefficient (Wildman–Crippen LogP) is 3.00. The standard InChI is InChI=1S/C19H19N3O3S/c20-12-15-7-5-14(6-8-15)11-16-18(24)22(19(25)26-16)13-17(23)21-9-3-1-2-4-10-21/h5-8,11H,1-4,9-10,13H2. The lowest BCUT2D eigenvalue weighted by Crippen LogP contribution is -2.42. The van der Waals surface area contributed by atoms with Gasteiger partial charge in [0.1, 0.15) is 6.54 Å². The molecule has 0 unspecified atom stereocenters. The lowest BCUT2D eigenvalue weighted by molar-refractivity contribution is -0.135. The minimum Gasteiger partial charge on any atom is -0.341 e. The fourth-order valence-corrected chi connectivity index (χ4v) is 3.84. The van der Waals surface area contributed by atoms with Crippen molar-refractivity contribution in [2.24, 2.45) is 0 Å². The molecule has 3 rings (SSSR count). The first-order valence-corrected chi connectivity index (χ1v) is 9.43. The van der Waals surface area contributed by atoms with Crippen LogP contribution in [0.15, 0.2) is 29.2 Å². The number of thioether (sulfide) groups is 1. The third kappa shape index (κ3) is 4.14. The van der Waals surface area contributed by atoms with E-state index in [1.807, 2.05) is 6.07 Å². The van der Waals surface area contributed by atoms with E-state index in [2.05, 4.69) is 0 Å². The van der Waals surface area contributed by atoms with E-state index in [0.717, 1.165) is 47.9 Å². The number of hydrogen-bond acceptors (Lipinski definition) is 5. The molecule has 0 bridgehead atoms. The Labute approximate surface area is 156 Å². The molecule has 0 spiro atoms. The first-order valence-electron chi connectivity index (χ1n) is 8.62. The third-order valence-corrected chi connectivity index (χ3v) is 5.37. The summed E-state index contributed by atoms with van der Waals surface area (Å²) in [4.78, 5) is 40.2. The van der Waals surface area contributed by atoms with Crippen LogP contribution in [0.4, 0.5) is 4.79 Å². The number of likely N-dealkylation sites (tertiary alicyclic amines) is 1. The van der Waals surface area contributed by atoms with Crippen molar-refractivity contribution in [1.29, 1.82) is 5.26 Å². The molecule has 6 nitrogen and oxygen atoms in total. The maximum atomic E-state index is 12.5. The summed E-state index contributed by atoms with van der Waals surface area (Å²) in [5, 5.41) is 8.40. The molecule has 3 amide bonds. The number of nitrogens with zero attached hydrogens (tertiary/aromatic N) is 3. The second-order valence-corrected chi connectivity index (χ2v) is 7.29. The van der Waals surface area contributed by atoms with Crippen molar-refractivity contribution in [2.75, 3.05) is 19.6 Å². The normalized spacial score (nSPS) is 19.6. The average Bonchev–Trinajstić information content (AvgIpc) is 2.86. The largest absolute Gasteiger partial charge is 0.341 e. The fourth-order valence-electron chi connectivity index (χ4n) is 3.00. The molecule has 0 aliphatic carbocycles. The molecule has 2 heterocycles. The van der Waals surface area contributed by atoms with Gasteiger partial charge in [0.05, 0.1) is 16.5 Å². The number of hydrogen-bond donors (Lipinski definition) is 0. The van der Waals surface area contributed by atoms with Crippen molar-refractivity contribution in [2.45, 2.75) is 25.7 Å². The fraction of sp³-hybridized carbons (Fsp3) is 0.368. The lowest BCUT2D eigenvalue weighted by Gasteiger charge is -2.22. The predicted molar refractivity (Wildman–Crippen MR) is 98.9 cm³/mol. The molecule has 0 N–H and O–H groups in total. The average molecular weight is 369 g/mol. The molecule has 26 heavy (non-hydrogen) atoms. The number of amides is 3. The monoisotopic (exact) mass is 369 g/mol. The number of imide groups is 1. The van der Waals surface area contributed by atoms with Gasteiger partial charge in [-0.15, -0.1) is 0 Å². The highest BCUT2D eigenvalue weighted by Crippen LogP contribution is 2.32. The Morgan fingerprint density at radius 3 is 2.38 bits per heavy atom. The van der Waals surface area contributed by atoms with Crippen LogP contribution in [0.1, 0.15) is 36.8 Å². The van der Waals surface area contributed by atoms with E-state index in [1.54, 1.807) is 35.2 Å². The molecule has 0 radical (unpaired) electrons. The molecule has 2 aliphatic rings. The summed E-state index contributed by atoms with van der Waals surface area (Å²) in [5.74, 6) is -0.610. The zero-order valence-corrected chi connectivity index (χ0v) is 15.1. The molecule has 0 atom stereocenters. The zero-order valence-electron chi connectivity index (χ0n) is 14.3. The Bertz CT molecular complexity index is 787. The number of carbonyl (C=O) groups excluding carboxylic acids is 3. The van der Waals surface area contributed by atoms with Crippen LogP contribution in [0.25, 0.3) is 6.08 Å². The van der Waals surface area contributed by atoms with Gasteiger partial charge in [-0.2, -0.15) is 5.26 Å². The van der Waals surface area contributed by atoms with Gasteiger partial charge < -0.3 is 4.90 Å². The van der Waals surface area contributed by atoms with Gasteiger partial charge in [-0.25, -0.2) is 0 Å². The lowest BCUT2D eigenvalue weighted by atomic mass is 10.1. The maximum Gasteiger partial charge on any atom is 0.294 e. The van der Waals surface area contributed by atoms with Crippen LogP contribution in [-0.4, -0.2) is 46.5 Å². The van der Waals surface area contributed by atoms with E-state index in [9.17, 15) is 14.4 Å². The van der Waals surface area contributed by atoms with E-state index in [-0.39, 0.29) is 12.5 Å². The third-order valence-electron chi connectivity index (χ3n) is 4.46. The van der Waals surface area contributed by atoms with Crippen LogP contribution >= 0.6 is 11.8 Å². The Balaban J connectivity index is 1.69. The summed E-state index contributed by atoms with van der Waals surface area (Å²) < 4.78 is 0. The van der Waals surface area contributed by atoms with Crippen molar-refractivity contribution in [3.05, 3.63) is 40.3 Å². The van der Waals surface area contributed by atoms with E-state index >= 15 is 0 Å². The number of benzene rings is 1. The van der Waals surface area contributed by atoms with Crippen LogP contribution < -0.4 is 0 Å². The van der Waals surface area contributed by atoms with Crippen molar-refractivity contribution in [3.8, 4) is 6.07 Å². The molecule has 0 saturated carbocycles. The minimum atomic E-state index is -0.437. The Hall–Kier alpha value is -2.59. The van der Waals surface area contributed by atoms with Crippen molar-refractivity contribution in [3.63, 3.8) is 0 Å². The molecule has 134 valence electrons. The van der Waals surface area contributed by atoms with Gasteiger partial charge in [0.25, 0.3) is 11.1 Å². The molecular formula is C19H19N3O3S. The van der Waals surface area contributed by atoms with Crippen LogP contribution in [0.3, 0.4) is 0 Å². The Morgan fingerprint density at radius 1 is 1.12 bits per heavy atom. The highest BCUT2D eigenvalue weighted by atomic mass is 32.2. The summed E-state index contributed by atoms with van der Waals surface area (Å²) in [7, 11) is 0. The number of rotatable bonds is 3. The van der Waals surface area contributed by atoms with Gasteiger partial charge in [0.2, 0.25) is 5.91 Å². The maximum absolute atomic E-state index is 12.5. The highest BCUT2D eigenvalue weighted by molar-refractivity contribution is 8.18. The second-order valence-electron chi connectivity index (χ2n) is 6.30. The molecule has 2 fully saturated rings. The van der Waals surface area contributed by atoms with Gasteiger partial charge in [-0.1, -0.05) is 25.0 Å². The van der Waals surface area contributed by atoms with Crippen LogP contribution in [0.2, 0.25) is 0 Å². The molecule has 2 aliphatic heterocycles. The van der Waals surface area contributed by atoms with E-state index in [4.69, 9.17) is 5.26 Å². The topological polar surface area (TPSA) is 81.5 Å². The molecule has 1 aromatic rings. The summed E-state index contributed by atoms with van der Waals surface area (Å²) in [5.41, 5.74) is 1.26. The van der Waals surface area contributed by atoms with E-state index in [1.165, 1.54) is 0 Å². The Kier molecular flexibility index (Phi) is 5.74.